The highest BCUT2D eigenvalue weighted by atomic mass is 32.2. The molecule has 5 heteroatoms. The molecule has 0 aliphatic rings. The van der Waals surface area contributed by atoms with Crippen LogP contribution in [0.15, 0.2) is 53.4 Å². The Hall–Kier alpha value is -2.14. The maximum atomic E-state index is 12.1. The van der Waals surface area contributed by atoms with Crippen molar-refractivity contribution in [2.45, 2.75) is 18.7 Å². The highest BCUT2D eigenvalue weighted by Crippen LogP contribution is 2.17. The van der Waals surface area contributed by atoms with Gasteiger partial charge in [0, 0.05) is 5.69 Å². The molecule has 2 aromatic carbocycles. The summed E-state index contributed by atoms with van der Waals surface area (Å²) in [7, 11) is -3.61. The van der Waals surface area contributed by atoms with E-state index in [0.717, 1.165) is 11.1 Å². The van der Waals surface area contributed by atoms with Crippen molar-refractivity contribution in [2.75, 3.05) is 11.1 Å². The SMILES string of the molecule is Cc1ccc(NC(=O)CS(=O)(=O)c2ccccc2)c(C)c1. The van der Waals surface area contributed by atoms with Crippen molar-refractivity contribution >= 4 is 21.4 Å². The van der Waals surface area contributed by atoms with Gasteiger partial charge in [-0.25, -0.2) is 8.42 Å². The van der Waals surface area contributed by atoms with Gasteiger partial charge in [-0.2, -0.15) is 0 Å². The summed E-state index contributed by atoms with van der Waals surface area (Å²) in [6, 6.07) is 13.5. The molecule has 4 nitrogen and oxygen atoms in total. The average Bonchev–Trinajstić information content (AvgIpc) is 2.42. The van der Waals surface area contributed by atoms with Crippen molar-refractivity contribution in [1.82, 2.24) is 0 Å². The third-order valence-corrected chi connectivity index (χ3v) is 4.71. The largest absolute Gasteiger partial charge is 0.325 e. The molecule has 21 heavy (non-hydrogen) atoms. The van der Waals surface area contributed by atoms with E-state index in [1.165, 1.54) is 12.1 Å². The van der Waals surface area contributed by atoms with Crippen molar-refractivity contribution in [2.24, 2.45) is 0 Å². The predicted molar refractivity (Wildman–Crippen MR) is 83.0 cm³/mol. The number of aryl methyl sites for hydroxylation is 2. The Morgan fingerprint density at radius 3 is 2.33 bits per heavy atom. The minimum Gasteiger partial charge on any atom is -0.325 e. The van der Waals surface area contributed by atoms with Crippen LogP contribution in [0.25, 0.3) is 0 Å². The molecule has 0 spiro atoms. The number of rotatable bonds is 4. The van der Waals surface area contributed by atoms with E-state index in [0.29, 0.717) is 5.69 Å². The zero-order chi connectivity index (χ0) is 15.5. The lowest BCUT2D eigenvalue weighted by Crippen LogP contribution is -2.23. The number of carbonyl (C=O) groups is 1. The highest BCUT2D eigenvalue weighted by Gasteiger charge is 2.19. The van der Waals surface area contributed by atoms with E-state index in [4.69, 9.17) is 0 Å². The molecule has 1 N–H and O–H groups in total. The summed E-state index contributed by atoms with van der Waals surface area (Å²) >= 11 is 0. The number of hydrogen-bond donors (Lipinski definition) is 1. The van der Waals surface area contributed by atoms with Crippen LogP contribution in [0.1, 0.15) is 11.1 Å². The molecule has 0 saturated carbocycles. The van der Waals surface area contributed by atoms with Crippen LogP contribution in [-0.4, -0.2) is 20.1 Å². The van der Waals surface area contributed by atoms with Crippen molar-refractivity contribution in [3.8, 4) is 0 Å². The van der Waals surface area contributed by atoms with E-state index >= 15 is 0 Å². The monoisotopic (exact) mass is 303 g/mol. The summed E-state index contributed by atoms with van der Waals surface area (Å²) in [4.78, 5) is 12.1. The van der Waals surface area contributed by atoms with E-state index in [-0.39, 0.29) is 4.90 Å². The second-order valence-electron chi connectivity index (χ2n) is 4.94. The van der Waals surface area contributed by atoms with Crippen molar-refractivity contribution in [1.29, 1.82) is 0 Å². The van der Waals surface area contributed by atoms with Crippen LogP contribution < -0.4 is 5.32 Å². The van der Waals surface area contributed by atoms with Gasteiger partial charge in [0.15, 0.2) is 9.84 Å². The lowest BCUT2D eigenvalue weighted by Gasteiger charge is -2.09. The van der Waals surface area contributed by atoms with Gasteiger partial charge in [0.2, 0.25) is 5.91 Å². The Kier molecular flexibility index (Phi) is 4.43. The van der Waals surface area contributed by atoms with Gasteiger partial charge in [-0.3, -0.25) is 4.79 Å². The number of nitrogens with one attached hydrogen (secondary N) is 1. The Morgan fingerprint density at radius 1 is 1.05 bits per heavy atom. The molecular formula is C16H17NO3S. The molecule has 2 rings (SSSR count). The zero-order valence-corrected chi connectivity index (χ0v) is 12.8. The van der Waals surface area contributed by atoms with Crippen LogP contribution in [0.2, 0.25) is 0 Å². The Labute approximate surface area is 124 Å². The summed E-state index contributed by atoms with van der Waals surface area (Å²) in [5, 5.41) is 2.65. The Bertz CT molecular complexity index is 752. The smallest absolute Gasteiger partial charge is 0.239 e. The number of hydrogen-bond acceptors (Lipinski definition) is 3. The molecule has 0 saturated heterocycles. The summed E-state index contributed by atoms with van der Waals surface area (Å²) in [5.74, 6) is -1.10. The fourth-order valence-electron chi connectivity index (χ4n) is 2.02. The maximum absolute atomic E-state index is 12.1. The Morgan fingerprint density at radius 2 is 1.71 bits per heavy atom. The molecule has 1 amide bonds. The topological polar surface area (TPSA) is 63.2 Å². The number of benzene rings is 2. The molecular weight excluding hydrogens is 286 g/mol. The summed E-state index contributed by atoms with van der Waals surface area (Å²) in [6.45, 7) is 3.83. The van der Waals surface area contributed by atoms with Crippen LogP contribution in [0.3, 0.4) is 0 Å². The number of amides is 1. The molecule has 0 heterocycles. The van der Waals surface area contributed by atoms with Crippen LogP contribution in [0.5, 0.6) is 0 Å². The molecule has 0 aromatic heterocycles. The molecule has 110 valence electrons. The fraction of sp³-hybridized carbons (Fsp3) is 0.188. The minimum atomic E-state index is -3.61. The van der Waals surface area contributed by atoms with Crippen LogP contribution in [0.4, 0.5) is 5.69 Å². The van der Waals surface area contributed by atoms with Crippen LogP contribution in [-0.2, 0) is 14.6 Å². The van der Waals surface area contributed by atoms with Gasteiger partial charge in [0.1, 0.15) is 5.75 Å². The predicted octanol–water partition coefficient (Wildman–Crippen LogP) is 2.72. The summed E-state index contributed by atoms with van der Waals surface area (Å²) in [5.41, 5.74) is 2.62. The standard InChI is InChI=1S/C16H17NO3S/c1-12-8-9-15(13(2)10-12)17-16(18)11-21(19,20)14-6-4-3-5-7-14/h3-10H,11H2,1-2H3,(H,17,18). The molecule has 0 unspecified atom stereocenters. The van der Waals surface area contributed by atoms with Crippen LogP contribution in [0, 0.1) is 13.8 Å². The van der Waals surface area contributed by atoms with E-state index in [1.54, 1.807) is 24.3 Å². The third kappa shape index (κ3) is 3.92. The quantitative estimate of drug-likeness (QED) is 0.944. The summed E-state index contributed by atoms with van der Waals surface area (Å²) in [6.07, 6.45) is 0. The fourth-order valence-corrected chi connectivity index (χ4v) is 3.18. The molecule has 0 atom stereocenters. The van der Waals surface area contributed by atoms with Crippen molar-refractivity contribution in [3.05, 3.63) is 59.7 Å². The van der Waals surface area contributed by atoms with Gasteiger partial charge in [-0.15, -0.1) is 0 Å². The van der Waals surface area contributed by atoms with Crippen molar-refractivity contribution < 1.29 is 13.2 Å². The molecule has 0 aliphatic carbocycles. The van der Waals surface area contributed by atoms with E-state index in [2.05, 4.69) is 5.32 Å². The second kappa shape index (κ2) is 6.10. The molecule has 0 aliphatic heterocycles. The summed E-state index contributed by atoms with van der Waals surface area (Å²) < 4.78 is 24.2. The van der Waals surface area contributed by atoms with E-state index in [9.17, 15) is 13.2 Å². The lowest BCUT2D eigenvalue weighted by molar-refractivity contribution is -0.113. The lowest BCUT2D eigenvalue weighted by atomic mass is 10.1. The number of sulfone groups is 1. The third-order valence-electron chi connectivity index (χ3n) is 3.08. The van der Waals surface area contributed by atoms with Gasteiger partial charge < -0.3 is 5.32 Å². The molecule has 2 aromatic rings. The molecule has 0 bridgehead atoms. The second-order valence-corrected chi connectivity index (χ2v) is 6.93. The molecule has 0 radical (unpaired) electrons. The molecule has 0 fully saturated rings. The van der Waals surface area contributed by atoms with E-state index < -0.39 is 21.5 Å². The number of carbonyl (C=O) groups excluding carboxylic acids is 1. The first kappa shape index (κ1) is 15.3. The van der Waals surface area contributed by atoms with Gasteiger partial charge in [0.25, 0.3) is 0 Å². The van der Waals surface area contributed by atoms with Gasteiger partial charge in [0.05, 0.1) is 4.90 Å². The normalized spacial score (nSPS) is 11.1. The van der Waals surface area contributed by atoms with Gasteiger partial charge >= 0.3 is 0 Å². The first-order valence-electron chi connectivity index (χ1n) is 6.53. The first-order valence-corrected chi connectivity index (χ1v) is 8.18. The Balaban J connectivity index is 2.12. The van der Waals surface area contributed by atoms with Crippen molar-refractivity contribution in [3.63, 3.8) is 0 Å². The van der Waals surface area contributed by atoms with E-state index in [1.807, 2.05) is 26.0 Å². The minimum absolute atomic E-state index is 0.153. The van der Waals surface area contributed by atoms with Gasteiger partial charge in [-0.05, 0) is 37.6 Å². The number of anilines is 1. The maximum Gasteiger partial charge on any atom is 0.239 e. The average molecular weight is 303 g/mol. The zero-order valence-electron chi connectivity index (χ0n) is 12.0. The highest BCUT2D eigenvalue weighted by molar-refractivity contribution is 7.92. The van der Waals surface area contributed by atoms with Crippen LogP contribution >= 0.6 is 0 Å². The first-order chi connectivity index (χ1) is 9.88. The van der Waals surface area contributed by atoms with Gasteiger partial charge in [-0.1, -0.05) is 35.9 Å².